The summed E-state index contributed by atoms with van der Waals surface area (Å²) in [6, 6.07) is 9.08. The van der Waals surface area contributed by atoms with Gasteiger partial charge in [-0.25, -0.2) is 4.98 Å². The number of amides is 1. The number of aromatic nitrogens is 2. The highest BCUT2D eigenvalue weighted by Crippen LogP contribution is 2.31. The number of nitrogens with one attached hydrogen (secondary N) is 1. The summed E-state index contributed by atoms with van der Waals surface area (Å²) in [5.74, 6) is -0.209. The van der Waals surface area contributed by atoms with E-state index in [1.807, 2.05) is 18.2 Å². The largest absolute Gasteiger partial charge is 0.472 e. The third-order valence-corrected chi connectivity index (χ3v) is 4.58. The first kappa shape index (κ1) is 17.4. The van der Waals surface area contributed by atoms with Gasteiger partial charge in [-0.2, -0.15) is 13.2 Å². The van der Waals surface area contributed by atoms with Crippen molar-refractivity contribution in [3.63, 3.8) is 0 Å². The Morgan fingerprint density at radius 2 is 2.07 bits per heavy atom. The maximum Gasteiger partial charge on any atom is 0.416 e. The van der Waals surface area contributed by atoms with Crippen LogP contribution < -0.4 is 4.74 Å². The quantitative estimate of drug-likeness (QED) is 0.756. The van der Waals surface area contributed by atoms with Crippen LogP contribution in [0.2, 0.25) is 0 Å². The second kappa shape index (κ2) is 6.61. The van der Waals surface area contributed by atoms with Gasteiger partial charge >= 0.3 is 6.18 Å². The summed E-state index contributed by atoms with van der Waals surface area (Å²) >= 11 is 0. The van der Waals surface area contributed by atoms with Crippen LogP contribution in [-0.4, -0.2) is 40.0 Å². The Labute approximate surface area is 152 Å². The fourth-order valence-electron chi connectivity index (χ4n) is 3.20. The van der Waals surface area contributed by atoms with E-state index in [0.29, 0.717) is 25.1 Å². The van der Waals surface area contributed by atoms with Gasteiger partial charge in [-0.15, -0.1) is 0 Å². The number of rotatable bonds is 3. The second-order valence-electron chi connectivity index (χ2n) is 6.44. The van der Waals surface area contributed by atoms with Gasteiger partial charge in [0.1, 0.15) is 6.10 Å². The van der Waals surface area contributed by atoms with Crippen LogP contribution in [0.3, 0.4) is 0 Å². The van der Waals surface area contributed by atoms with Crippen LogP contribution in [0, 0.1) is 0 Å². The molecule has 2 aromatic heterocycles. The van der Waals surface area contributed by atoms with Crippen molar-refractivity contribution in [1.82, 2.24) is 14.9 Å². The standard InChI is InChI=1S/C19H16F3N3O2/c20-19(21,22)14-4-7-24-17(10-14)27-15-5-8-25(11-15)18(26)13-1-2-16-12(9-13)3-6-23-16/h1-4,6-7,9-10,15,23H,5,8,11H2/t15-/m1/s1. The zero-order valence-electron chi connectivity index (χ0n) is 14.2. The van der Waals surface area contributed by atoms with Crippen LogP contribution in [0.15, 0.2) is 48.8 Å². The van der Waals surface area contributed by atoms with Gasteiger partial charge in [0.15, 0.2) is 0 Å². The Bertz CT molecular complexity index is 983. The molecule has 4 rings (SSSR count). The number of H-pyrrole nitrogens is 1. The molecular weight excluding hydrogens is 359 g/mol. The van der Waals surface area contributed by atoms with E-state index in [-0.39, 0.29) is 17.9 Å². The highest BCUT2D eigenvalue weighted by Gasteiger charge is 2.32. The van der Waals surface area contributed by atoms with Gasteiger partial charge < -0.3 is 14.6 Å². The molecule has 0 aliphatic carbocycles. The highest BCUT2D eigenvalue weighted by molar-refractivity contribution is 5.98. The monoisotopic (exact) mass is 375 g/mol. The van der Waals surface area contributed by atoms with E-state index in [2.05, 4.69) is 9.97 Å². The van der Waals surface area contributed by atoms with Gasteiger partial charge in [0.25, 0.3) is 5.91 Å². The van der Waals surface area contributed by atoms with E-state index in [1.54, 1.807) is 17.2 Å². The number of ether oxygens (including phenoxy) is 1. The molecule has 1 aliphatic rings. The van der Waals surface area contributed by atoms with E-state index < -0.39 is 11.7 Å². The van der Waals surface area contributed by atoms with Crippen LogP contribution in [0.5, 0.6) is 5.88 Å². The van der Waals surface area contributed by atoms with Crippen molar-refractivity contribution in [2.45, 2.75) is 18.7 Å². The molecule has 27 heavy (non-hydrogen) atoms. The Kier molecular flexibility index (Phi) is 4.25. The molecule has 1 atom stereocenters. The minimum atomic E-state index is -4.45. The zero-order valence-corrected chi connectivity index (χ0v) is 14.2. The SMILES string of the molecule is O=C(c1ccc2[nH]ccc2c1)N1CC[C@@H](Oc2cc(C(F)(F)F)ccn2)C1. The molecular formula is C19H16F3N3O2. The molecule has 5 nitrogen and oxygen atoms in total. The molecule has 0 saturated carbocycles. The van der Waals surface area contributed by atoms with E-state index in [4.69, 9.17) is 4.74 Å². The number of hydrogen-bond donors (Lipinski definition) is 1. The first-order chi connectivity index (χ1) is 12.9. The van der Waals surface area contributed by atoms with Crippen molar-refractivity contribution in [3.05, 3.63) is 59.9 Å². The fourth-order valence-corrected chi connectivity index (χ4v) is 3.20. The fraction of sp³-hybridized carbons (Fsp3) is 0.263. The van der Waals surface area contributed by atoms with E-state index in [1.165, 1.54) is 0 Å². The summed E-state index contributed by atoms with van der Waals surface area (Å²) in [5.41, 5.74) is 0.711. The number of alkyl halides is 3. The van der Waals surface area contributed by atoms with Gasteiger partial charge in [0.05, 0.1) is 12.1 Å². The molecule has 3 heterocycles. The Balaban J connectivity index is 1.43. The van der Waals surface area contributed by atoms with Gasteiger partial charge in [-0.1, -0.05) is 0 Å². The van der Waals surface area contributed by atoms with Gasteiger partial charge in [-0.3, -0.25) is 4.79 Å². The number of hydrogen-bond acceptors (Lipinski definition) is 3. The number of carbonyl (C=O) groups is 1. The van der Waals surface area contributed by atoms with E-state index in [0.717, 1.165) is 29.2 Å². The lowest BCUT2D eigenvalue weighted by atomic mass is 10.1. The first-order valence-corrected chi connectivity index (χ1v) is 8.46. The molecule has 1 N–H and O–H groups in total. The maximum atomic E-state index is 12.8. The van der Waals surface area contributed by atoms with Crippen LogP contribution >= 0.6 is 0 Å². The molecule has 140 valence electrons. The summed E-state index contributed by atoms with van der Waals surface area (Å²) in [7, 11) is 0. The molecule has 0 unspecified atom stereocenters. The second-order valence-corrected chi connectivity index (χ2v) is 6.44. The molecule has 1 aliphatic heterocycles. The third-order valence-electron chi connectivity index (χ3n) is 4.58. The number of pyridine rings is 1. The average molecular weight is 375 g/mol. The van der Waals surface area contributed by atoms with Crippen LogP contribution in [0.4, 0.5) is 13.2 Å². The Morgan fingerprint density at radius 3 is 2.89 bits per heavy atom. The Hall–Kier alpha value is -3.03. The number of fused-ring (bicyclic) bond motifs is 1. The van der Waals surface area contributed by atoms with Gasteiger partial charge in [-0.05, 0) is 30.3 Å². The van der Waals surface area contributed by atoms with Crippen LogP contribution in [-0.2, 0) is 6.18 Å². The zero-order chi connectivity index (χ0) is 19.0. The topological polar surface area (TPSA) is 58.2 Å². The number of likely N-dealkylation sites (tertiary alicyclic amines) is 1. The maximum absolute atomic E-state index is 12.8. The molecule has 1 amide bonds. The lowest BCUT2D eigenvalue weighted by Gasteiger charge is -2.17. The smallest absolute Gasteiger partial charge is 0.416 e. The van der Waals surface area contributed by atoms with Crippen molar-refractivity contribution < 1.29 is 22.7 Å². The molecule has 1 saturated heterocycles. The van der Waals surface area contributed by atoms with Crippen molar-refractivity contribution in [1.29, 1.82) is 0 Å². The normalized spacial score (nSPS) is 17.4. The number of benzene rings is 1. The summed E-state index contributed by atoms with van der Waals surface area (Å²) in [6.45, 7) is 0.787. The minimum Gasteiger partial charge on any atom is -0.472 e. The lowest BCUT2D eigenvalue weighted by molar-refractivity contribution is -0.137. The lowest BCUT2D eigenvalue weighted by Crippen LogP contribution is -2.31. The van der Waals surface area contributed by atoms with Crippen LogP contribution in [0.25, 0.3) is 10.9 Å². The van der Waals surface area contributed by atoms with E-state index >= 15 is 0 Å². The van der Waals surface area contributed by atoms with Gasteiger partial charge in [0, 0.05) is 47.9 Å². The Morgan fingerprint density at radius 1 is 1.22 bits per heavy atom. The van der Waals surface area contributed by atoms with Gasteiger partial charge in [0.2, 0.25) is 5.88 Å². The molecule has 3 aromatic rings. The number of aromatic amines is 1. The number of carbonyl (C=O) groups excluding carboxylic acids is 1. The molecule has 1 aromatic carbocycles. The molecule has 0 bridgehead atoms. The van der Waals surface area contributed by atoms with Crippen molar-refractivity contribution in [3.8, 4) is 5.88 Å². The predicted octanol–water partition coefficient (Wildman–Crippen LogP) is 3.88. The molecule has 0 radical (unpaired) electrons. The van der Waals surface area contributed by atoms with Crippen LogP contribution in [0.1, 0.15) is 22.3 Å². The van der Waals surface area contributed by atoms with Crippen molar-refractivity contribution >= 4 is 16.8 Å². The molecule has 1 fully saturated rings. The number of halogens is 3. The predicted molar refractivity (Wildman–Crippen MR) is 92.5 cm³/mol. The summed E-state index contributed by atoms with van der Waals surface area (Å²) in [4.78, 5) is 21.3. The van der Waals surface area contributed by atoms with Crippen molar-refractivity contribution in [2.24, 2.45) is 0 Å². The third kappa shape index (κ3) is 3.60. The highest BCUT2D eigenvalue weighted by atomic mass is 19.4. The minimum absolute atomic E-state index is 0.0853. The van der Waals surface area contributed by atoms with E-state index in [9.17, 15) is 18.0 Å². The van der Waals surface area contributed by atoms with Crippen molar-refractivity contribution in [2.75, 3.05) is 13.1 Å². The summed E-state index contributed by atoms with van der Waals surface area (Å²) in [6.07, 6.45) is -1.42. The molecule has 8 heteroatoms. The summed E-state index contributed by atoms with van der Waals surface area (Å²) in [5, 5.41) is 0.945. The average Bonchev–Trinajstić information content (AvgIpc) is 3.29. The first-order valence-electron chi connectivity index (χ1n) is 8.46. The summed E-state index contributed by atoms with van der Waals surface area (Å²) < 4.78 is 43.9. The number of nitrogens with zero attached hydrogens (tertiary/aromatic N) is 2. The molecule has 0 spiro atoms.